The molecular weight excluding hydrogens is 394 g/mol. The van der Waals surface area contributed by atoms with Gasteiger partial charge in [0.25, 0.3) is 0 Å². The summed E-state index contributed by atoms with van der Waals surface area (Å²) < 4.78 is 2.09. The van der Waals surface area contributed by atoms with Crippen molar-refractivity contribution in [3.63, 3.8) is 0 Å². The summed E-state index contributed by atoms with van der Waals surface area (Å²) in [7, 11) is 0. The van der Waals surface area contributed by atoms with E-state index >= 15 is 0 Å². The van der Waals surface area contributed by atoms with Gasteiger partial charge in [-0.25, -0.2) is 0 Å². The number of hydrogen-bond donors (Lipinski definition) is 1. The van der Waals surface area contributed by atoms with Gasteiger partial charge < -0.3 is 9.88 Å². The first-order valence-electron chi connectivity index (χ1n) is 10.7. The Morgan fingerprint density at radius 1 is 1.23 bits per heavy atom. The van der Waals surface area contributed by atoms with Gasteiger partial charge in [-0.15, -0.1) is 10.2 Å². The first-order valence-corrected chi connectivity index (χ1v) is 11.7. The maximum Gasteiger partial charge on any atom is 0.230 e. The molecule has 0 saturated carbocycles. The highest BCUT2D eigenvalue weighted by Gasteiger charge is 2.21. The number of carbonyl (C=O) groups is 1. The van der Waals surface area contributed by atoms with Crippen LogP contribution in [0.5, 0.6) is 0 Å². The van der Waals surface area contributed by atoms with Crippen LogP contribution in [0.3, 0.4) is 0 Å². The molecule has 0 bridgehead atoms. The number of likely N-dealkylation sites (tertiary alicyclic amines) is 1. The number of rotatable bonds is 8. The minimum atomic E-state index is 0.0749. The van der Waals surface area contributed by atoms with E-state index in [2.05, 4.69) is 70.9 Å². The van der Waals surface area contributed by atoms with E-state index in [4.69, 9.17) is 0 Å². The van der Waals surface area contributed by atoms with Crippen molar-refractivity contribution < 1.29 is 4.79 Å². The number of amides is 1. The molecule has 0 spiro atoms. The molecule has 1 aromatic heterocycles. The van der Waals surface area contributed by atoms with Gasteiger partial charge in [0.05, 0.1) is 5.75 Å². The van der Waals surface area contributed by atoms with Gasteiger partial charge in [0.15, 0.2) is 11.0 Å². The van der Waals surface area contributed by atoms with Gasteiger partial charge in [-0.2, -0.15) is 0 Å². The van der Waals surface area contributed by atoms with Crippen molar-refractivity contribution in [3.8, 4) is 11.4 Å². The Bertz CT molecular complexity index is 879. The van der Waals surface area contributed by atoms with E-state index in [0.29, 0.717) is 5.75 Å². The van der Waals surface area contributed by atoms with Gasteiger partial charge >= 0.3 is 0 Å². The number of nitrogens with one attached hydrogen (secondary N) is 1. The van der Waals surface area contributed by atoms with E-state index in [9.17, 15) is 4.79 Å². The number of nitrogens with zero attached hydrogens (tertiary/aromatic N) is 4. The molecule has 6 nitrogen and oxygen atoms in total. The number of carbonyl (C=O) groups excluding carboxylic acids is 1. The molecule has 1 N–H and O–H groups in total. The van der Waals surface area contributed by atoms with Crippen molar-refractivity contribution in [2.24, 2.45) is 0 Å². The number of piperidine rings is 1. The molecule has 1 aliphatic heterocycles. The maximum atomic E-state index is 12.5. The Hall–Kier alpha value is -2.12. The Kier molecular flexibility index (Phi) is 8.10. The molecule has 2 heterocycles. The van der Waals surface area contributed by atoms with E-state index in [1.54, 1.807) is 0 Å². The third-order valence-corrected chi connectivity index (χ3v) is 6.43. The summed E-state index contributed by atoms with van der Waals surface area (Å²) in [6.07, 6.45) is 4.29. The van der Waals surface area contributed by atoms with Crippen molar-refractivity contribution in [3.05, 3.63) is 41.5 Å². The standard InChI is InChI=1S/C23H33N5OS/c1-5-28-22(20-9-7-6-8-18(20)4)25-26-23(28)30-16-21(29)24-19-11-14-27(15-12-19)13-10-17(2)3/h6-10,19H,5,11-16H2,1-4H3,(H,24,29). The molecule has 2 aromatic rings. The monoisotopic (exact) mass is 427 g/mol. The smallest absolute Gasteiger partial charge is 0.230 e. The number of hydrogen-bond acceptors (Lipinski definition) is 5. The molecule has 0 aliphatic carbocycles. The summed E-state index contributed by atoms with van der Waals surface area (Å²) in [4.78, 5) is 14.9. The molecule has 3 rings (SSSR count). The predicted molar refractivity (Wildman–Crippen MR) is 124 cm³/mol. The van der Waals surface area contributed by atoms with Gasteiger partial charge in [0.1, 0.15) is 0 Å². The topological polar surface area (TPSA) is 63.1 Å². The van der Waals surface area contributed by atoms with E-state index in [1.165, 1.54) is 22.9 Å². The normalized spacial score (nSPS) is 15.2. The first-order chi connectivity index (χ1) is 14.5. The lowest BCUT2D eigenvalue weighted by atomic mass is 10.0. The molecule has 1 saturated heterocycles. The third-order valence-electron chi connectivity index (χ3n) is 5.46. The summed E-state index contributed by atoms with van der Waals surface area (Å²) in [6, 6.07) is 8.46. The van der Waals surface area contributed by atoms with Gasteiger partial charge in [-0.05, 0) is 46.1 Å². The van der Waals surface area contributed by atoms with Crippen LogP contribution in [0.1, 0.15) is 39.2 Å². The van der Waals surface area contributed by atoms with E-state index < -0.39 is 0 Å². The molecule has 0 unspecified atom stereocenters. The van der Waals surface area contributed by atoms with E-state index in [0.717, 1.165) is 55.6 Å². The second-order valence-electron chi connectivity index (χ2n) is 8.08. The van der Waals surface area contributed by atoms with E-state index in [-0.39, 0.29) is 11.9 Å². The summed E-state index contributed by atoms with van der Waals surface area (Å²) >= 11 is 1.46. The summed E-state index contributed by atoms with van der Waals surface area (Å²) in [5, 5.41) is 12.7. The summed E-state index contributed by atoms with van der Waals surface area (Å²) in [5.74, 6) is 1.30. The lowest BCUT2D eigenvalue weighted by molar-refractivity contribution is -0.119. The summed E-state index contributed by atoms with van der Waals surface area (Å²) in [5.41, 5.74) is 3.61. The van der Waals surface area contributed by atoms with Crippen LogP contribution >= 0.6 is 11.8 Å². The molecule has 162 valence electrons. The predicted octanol–water partition coefficient (Wildman–Crippen LogP) is 3.91. The molecule has 0 radical (unpaired) electrons. The third kappa shape index (κ3) is 5.95. The maximum absolute atomic E-state index is 12.5. The first kappa shape index (κ1) is 22.6. The fraction of sp³-hybridized carbons (Fsp3) is 0.522. The van der Waals surface area contributed by atoms with Crippen LogP contribution in [0.25, 0.3) is 11.4 Å². The Balaban J connectivity index is 1.51. The Morgan fingerprint density at radius 3 is 2.63 bits per heavy atom. The zero-order valence-corrected chi connectivity index (χ0v) is 19.3. The lowest BCUT2D eigenvalue weighted by Gasteiger charge is -2.31. The van der Waals surface area contributed by atoms with Crippen LogP contribution in [0, 0.1) is 6.92 Å². The highest BCUT2D eigenvalue weighted by molar-refractivity contribution is 7.99. The fourth-order valence-electron chi connectivity index (χ4n) is 3.67. The molecule has 0 atom stereocenters. The second kappa shape index (κ2) is 10.8. The number of benzene rings is 1. The summed E-state index contributed by atoms with van der Waals surface area (Å²) in [6.45, 7) is 12.3. The largest absolute Gasteiger partial charge is 0.353 e. The number of allylic oxidation sites excluding steroid dienone is 1. The van der Waals surface area contributed by atoms with Crippen molar-refractivity contribution in [1.29, 1.82) is 0 Å². The Labute approximate surface area is 184 Å². The molecule has 30 heavy (non-hydrogen) atoms. The quantitative estimate of drug-likeness (QED) is 0.511. The van der Waals surface area contributed by atoms with Gasteiger partial charge in [0, 0.05) is 37.8 Å². The van der Waals surface area contributed by atoms with Crippen LogP contribution in [0.4, 0.5) is 0 Å². The minimum Gasteiger partial charge on any atom is -0.353 e. The van der Waals surface area contributed by atoms with Gasteiger partial charge in [0.2, 0.25) is 5.91 Å². The van der Waals surface area contributed by atoms with Crippen molar-refractivity contribution in [2.75, 3.05) is 25.4 Å². The van der Waals surface area contributed by atoms with Crippen molar-refractivity contribution in [2.45, 2.75) is 58.3 Å². The van der Waals surface area contributed by atoms with Crippen LogP contribution in [-0.2, 0) is 11.3 Å². The number of thioether (sulfide) groups is 1. The number of aromatic nitrogens is 3. The molecule has 7 heteroatoms. The van der Waals surface area contributed by atoms with Crippen molar-refractivity contribution in [1.82, 2.24) is 25.0 Å². The van der Waals surface area contributed by atoms with Gasteiger partial charge in [-0.3, -0.25) is 9.69 Å². The molecule has 1 fully saturated rings. The molecule has 1 aliphatic rings. The second-order valence-corrected chi connectivity index (χ2v) is 9.02. The van der Waals surface area contributed by atoms with E-state index in [1.807, 2.05) is 12.1 Å². The van der Waals surface area contributed by atoms with Crippen LogP contribution in [0.2, 0.25) is 0 Å². The highest BCUT2D eigenvalue weighted by atomic mass is 32.2. The lowest BCUT2D eigenvalue weighted by Crippen LogP contribution is -2.45. The SMILES string of the molecule is CCn1c(SCC(=O)NC2CCN(CC=C(C)C)CC2)nnc1-c1ccccc1C. The van der Waals surface area contributed by atoms with Gasteiger partial charge in [-0.1, -0.05) is 47.7 Å². The molecule has 1 aromatic carbocycles. The zero-order valence-electron chi connectivity index (χ0n) is 18.5. The average Bonchev–Trinajstić information content (AvgIpc) is 3.14. The van der Waals surface area contributed by atoms with Crippen molar-refractivity contribution >= 4 is 17.7 Å². The van der Waals surface area contributed by atoms with Crippen LogP contribution in [-0.4, -0.2) is 57.0 Å². The highest BCUT2D eigenvalue weighted by Crippen LogP contribution is 2.26. The zero-order chi connectivity index (χ0) is 21.5. The number of aryl methyl sites for hydroxylation is 1. The Morgan fingerprint density at radius 2 is 1.97 bits per heavy atom. The fourth-order valence-corrected chi connectivity index (χ4v) is 4.49. The van der Waals surface area contributed by atoms with Crippen LogP contribution < -0.4 is 5.32 Å². The molecular formula is C23H33N5OS. The average molecular weight is 428 g/mol. The minimum absolute atomic E-state index is 0.0749. The molecule has 1 amide bonds. The van der Waals surface area contributed by atoms with Crippen LogP contribution in [0.15, 0.2) is 41.1 Å².